The van der Waals surface area contributed by atoms with E-state index in [0.717, 1.165) is 11.3 Å². The minimum absolute atomic E-state index is 0.143. The SMILES string of the molecule is FC(F)Oc1cccc(NCc2ccncc2)c1. The number of anilines is 1. The van der Waals surface area contributed by atoms with Crippen LogP contribution in [0.2, 0.25) is 0 Å². The average Bonchev–Trinajstić information content (AvgIpc) is 2.37. The Hall–Kier alpha value is -2.17. The van der Waals surface area contributed by atoms with Crippen LogP contribution in [0.15, 0.2) is 48.8 Å². The highest BCUT2D eigenvalue weighted by Gasteiger charge is 2.04. The molecule has 0 amide bonds. The van der Waals surface area contributed by atoms with Crippen molar-refractivity contribution in [2.75, 3.05) is 5.32 Å². The number of hydrogen-bond acceptors (Lipinski definition) is 3. The van der Waals surface area contributed by atoms with E-state index in [1.807, 2.05) is 12.1 Å². The Labute approximate surface area is 103 Å². The van der Waals surface area contributed by atoms with E-state index in [4.69, 9.17) is 0 Å². The molecule has 1 heterocycles. The number of aromatic nitrogens is 1. The van der Waals surface area contributed by atoms with E-state index in [1.54, 1.807) is 24.5 Å². The molecule has 1 N–H and O–H groups in total. The van der Waals surface area contributed by atoms with Gasteiger partial charge in [0, 0.05) is 30.7 Å². The molecule has 0 saturated heterocycles. The molecule has 5 heteroatoms. The molecule has 3 nitrogen and oxygen atoms in total. The van der Waals surface area contributed by atoms with Crippen LogP contribution in [0.4, 0.5) is 14.5 Å². The molecule has 0 spiro atoms. The third-order valence-electron chi connectivity index (χ3n) is 2.31. The summed E-state index contributed by atoms with van der Waals surface area (Å²) in [6.45, 7) is -2.21. The van der Waals surface area contributed by atoms with E-state index in [9.17, 15) is 8.78 Å². The van der Waals surface area contributed by atoms with Crippen molar-refractivity contribution in [3.63, 3.8) is 0 Å². The van der Waals surface area contributed by atoms with Gasteiger partial charge in [0.05, 0.1) is 0 Å². The zero-order chi connectivity index (χ0) is 12.8. The summed E-state index contributed by atoms with van der Waals surface area (Å²) in [5.74, 6) is 0.143. The molecule has 1 aromatic heterocycles. The third-order valence-corrected chi connectivity index (χ3v) is 2.31. The van der Waals surface area contributed by atoms with Crippen LogP contribution in [0.3, 0.4) is 0 Å². The fraction of sp³-hybridized carbons (Fsp3) is 0.154. The Balaban J connectivity index is 1.97. The maximum Gasteiger partial charge on any atom is 0.387 e. The first-order chi connectivity index (χ1) is 8.74. The zero-order valence-electron chi connectivity index (χ0n) is 9.51. The number of nitrogens with zero attached hydrogens (tertiary/aromatic N) is 1. The highest BCUT2D eigenvalue weighted by Crippen LogP contribution is 2.19. The summed E-state index contributed by atoms with van der Waals surface area (Å²) >= 11 is 0. The van der Waals surface area contributed by atoms with Crippen LogP contribution < -0.4 is 10.1 Å². The molecule has 94 valence electrons. The van der Waals surface area contributed by atoms with E-state index in [0.29, 0.717) is 6.54 Å². The fourth-order valence-corrected chi connectivity index (χ4v) is 1.49. The molecule has 0 aliphatic carbocycles. The fourth-order valence-electron chi connectivity index (χ4n) is 1.49. The highest BCUT2D eigenvalue weighted by molar-refractivity contribution is 5.48. The molecule has 0 radical (unpaired) electrons. The van der Waals surface area contributed by atoms with Crippen molar-refractivity contribution >= 4 is 5.69 Å². The number of ether oxygens (including phenoxy) is 1. The van der Waals surface area contributed by atoms with E-state index >= 15 is 0 Å². The average molecular weight is 250 g/mol. The molecule has 0 saturated carbocycles. The number of hydrogen-bond donors (Lipinski definition) is 1. The zero-order valence-corrected chi connectivity index (χ0v) is 9.51. The third kappa shape index (κ3) is 3.69. The number of rotatable bonds is 5. The van der Waals surface area contributed by atoms with Gasteiger partial charge in [-0.25, -0.2) is 0 Å². The van der Waals surface area contributed by atoms with Crippen molar-refractivity contribution in [2.24, 2.45) is 0 Å². The van der Waals surface area contributed by atoms with Crippen LogP contribution in [0.5, 0.6) is 5.75 Å². The molecular formula is C13H12F2N2O. The quantitative estimate of drug-likeness (QED) is 0.884. The molecule has 0 fully saturated rings. The topological polar surface area (TPSA) is 34.1 Å². The Morgan fingerprint density at radius 2 is 1.94 bits per heavy atom. The molecule has 2 rings (SSSR count). The standard InChI is InChI=1S/C13H12F2N2O/c14-13(15)18-12-3-1-2-11(8-12)17-9-10-4-6-16-7-5-10/h1-8,13,17H,9H2. The lowest BCUT2D eigenvalue weighted by atomic mass is 10.2. The van der Waals surface area contributed by atoms with Gasteiger partial charge in [-0.1, -0.05) is 6.07 Å². The summed E-state index contributed by atoms with van der Waals surface area (Å²) in [5, 5.41) is 3.12. The van der Waals surface area contributed by atoms with Gasteiger partial charge in [-0.3, -0.25) is 4.98 Å². The molecule has 0 bridgehead atoms. The molecule has 2 aromatic rings. The maximum atomic E-state index is 12.1. The Morgan fingerprint density at radius 3 is 2.67 bits per heavy atom. The summed E-state index contributed by atoms with van der Waals surface area (Å²) in [7, 11) is 0. The summed E-state index contributed by atoms with van der Waals surface area (Å²) in [4.78, 5) is 3.92. The summed E-state index contributed by atoms with van der Waals surface area (Å²) < 4.78 is 28.4. The highest BCUT2D eigenvalue weighted by atomic mass is 19.3. The number of nitrogens with one attached hydrogen (secondary N) is 1. The first-order valence-electron chi connectivity index (χ1n) is 5.42. The minimum Gasteiger partial charge on any atom is -0.435 e. The van der Waals surface area contributed by atoms with Crippen molar-refractivity contribution in [1.82, 2.24) is 4.98 Å². The number of alkyl halides is 2. The molecular weight excluding hydrogens is 238 g/mol. The van der Waals surface area contributed by atoms with E-state index < -0.39 is 6.61 Å². The van der Waals surface area contributed by atoms with Gasteiger partial charge in [-0.15, -0.1) is 0 Å². The number of pyridine rings is 1. The molecule has 0 aliphatic rings. The van der Waals surface area contributed by atoms with Gasteiger partial charge in [0.25, 0.3) is 0 Å². The van der Waals surface area contributed by atoms with Gasteiger partial charge in [0.15, 0.2) is 0 Å². The van der Waals surface area contributed by atoms with E-state index in [-0.39, 0.29) is 5.75 Å². The van der Waals surface area contributed by atoms with Gasteiger partial charge in [-0.05, 0) is 29.8 Å². The largest absolute Gasteiger partial charge is 0.435 e. The lowest BCUT2D eigenvalue weighted by Gasteiger charge is -2.09. The Bertz CT molecular complexity index is 491. The van der Waals surface area contributed by atoms with Crippen LogP contribution >= 0.6 is 0 Å². The Kier molecular flexibility index (Phi) is 4.06. The molecule has 18 heavy (non-hydrogen) atoms. The maximum absolute atomic E-state index is 12.1. The monoisotopic (exact) mass is 250 g/mol. The molecule has 1 aromatic carbocycles. The molecule has 0 atom stereocenters. The van der Waals surface area contributed by atoms with E-state index in [1.165, 1.54) is 12.1 Å². The lowest BCUT2D eigenvalue weighted by molar-refractivity contribution is -0.0498. The summed E-state index contributed by atoms with van der Waals surface area (Å²) in [6, 6.07) is 10.2. The van der Waals surface area contributed by atoms with Crippen molar-refractivity contribution in [2.45, 2.75) is 13.2 Å². The summed E-state index contributed by atoms with van der Waals surface area (Å²) in [5.41, 5.74) is 1.79. The minimum atomic E-state index is -2.81. The first-order valence-corrected chi connectivity index (χ1v) is 5.42. The van der Waals surface area contributed by atoms with Crippen molar-refractivity contribution in [3.8, 4) is 5.75 Å². The second kappa shape index (κ2) is 5.95. The second-order valence-electron chi connectivity index (χ2n) is 3.62. The first kappa shape index (κ1) is 12.3. The van der Waals surface area contributed by atoms with Crippen LogP contribution in [0, 0.1) is 0 Å². The van der Waals surface area contributed by atoms with Crippen molar-refractivity contribution in [1.29, 1.82) is 0 Å². The van der Waals surface area contributed by atoms with Gasteiger partial charge in [0.2, 0.25) is 0 Å². The van der Waals surface area contributed by atoms with Crippen LogP contribution in [-0.4, -0.2) is 11.6 Å². The smallest absolute Gasteiger partial charge is 0.387 e. The van der Waals surface area contributed by atoms with Gasteiger partial charge in [-0.2, -0.15) is 8.78 Å². The van der Waals surface area contributed by atoms with Crippen LogP contribution in [0.25, 0.3) is 0 Å². The second-order valence-corrected chi connectivity index (χ2v) is 3.62. The van der Waals surface area contributed by atoms with Gasteiger partial charge >= 0.3 is 6.61 Å². The van der Waals surface area contributed by atoms with E-state index in [2.05, 4.69) is 15.0 Å². The van der Waals surface area contributed by atoms with Gasteiger partial charge < -0.3 is 10.1 Å². The van der Waals surface area contributed by atoms with Gasteiger partial charge in [0.1, 0.15) is 5.75 Å². The molecule has 0 aliphatic heterocycles. The number of benzene rings is 1. The molecule has 0 unspecified atom stereocenters. The number of halogens is 2. The predicted octanol–water partition coefficient (Wildman–Crippen LogP) is 3.30. The summed E-state index contributed by atoms with van der Waals surface area (Å²) in [6.07, 6.45) is 3.40. The normalized spacial score (nSPS) is 10.4. The van der Waals surface area contributed by atoms with Crippen LogP contribution in [0.1, 0.15) is 5.56 Å². The van der Waals surface area contributed by atoms with Crippen molar-refractivity contribution < 1.29 is 13.5 Å². The van der Waals surface area contributed by atoms with Crippen molar-refractivity contribution in [3.05, 3.63) is 54.4 Å². The Morgan fingerprint density at radius 1 is 1.17 bits per heavy atom. The predicted molar refractivity (Wildman–Crippen MR) is 64.6 cm³/mol. The van der Waals surface area contributed by atoms with Crippen LogP contribution in [-0.2, 0) is 6.54 Å². The lowest BCUT2D eigenvalue weighted by Crippen LogP contribution is -2.03.